The van der Waals surface area contributed by atoms with E-state index in [0.29, 0.717) is 6.42 Å². The molecule has 3 nitrogen and oxygen atoms in total. The molecule has 0 bridgehead atoms. The van der Waals surface area contributed by atoms with Gasteiger partial charge in [-0.2, -0.15) is 0 Å². The van der Waals surface area contributed by atoms with Gasteiger partial charge < -0.3 is 10.6 Å². The van der Waals surface area contributed by atoms with Gasteiger partial charge in [0.15, 0.2) is 0 Å². The lowest BCUT2D eigenvalue weighted by Gasteiger charge is -2.47. The van der Waals surface area contributed by atoms with Crippen molar-refractivity contribution in [3.63, 3.8) is 0 Å². The Balaban J connectivity index is 2.27. The Morgan fingerprint density at radius 1 is 1.36 bits per heavy atom. The van der Waals surface area contributed by atoms with Crippen molar-refractivity contribution in [2.24, 2.45) is 5.41 Å². The van der Waals surface area contributed by atoms with E-state index in [1.807, 2.05) is 0 Å². The third-order valence-electron chi connectivity index (χ3n) is 3.20. The monoisotopic (exact) mass is 154 g/mol. The normalized spacial score (nSPS) is 31.6. The van der Waals surface area contributed by atoms with Crippen LogP contribution in [0.3, 0.4) is 0 Å². The molecule has 0 aromatic heterocycles. The van der Waals surface area contributed by atoms with Crippen LogP contribution in [0.2, 0.25) is 0 Å². The summed E-state index contributed by atoms with van der Waals surface area (Å²) in [5.41, 5.74) is 0.208. The van der Waals surface area contributed by atoms with Crippen molar-refractivity contribution >= 4 is 5.91 Å². The molecule has 2 aliphatic rings. The van der Waals surface area contributed by atoms with Crippen LogP contribution in [0.5, 0.6) is 0 Å². The summed E-state index contributed by atoms with van der Waals surface area (Å²) in [6, 6.07) is 0. The highest BCUT2D eigenvalue weighted by atomic mass is 16.2. The molecule has 2 N–H and O–H groups in total. The van der Waals surface area contributed by atoms with Gasteiger partial charge in [0.1, 0.15) is 0 Å². The largest absolute Gasteiger partial charge is 0.351 e. The van der Waals surface area contributed by atoms with Crippen LogP contribution in [0.15, 0.2) is 0 Å². The van der Waals surface area contributed by atoms with Crippen molar-refractivity contribution < 1.29 is 4.79 Å². The van der Waals surface area contributed by atoms with Crippen molar-refractivity contribution in [3.8, 4) is 0 Å². The van der Waals surface area contributed by atoms with E-state index in [1.54, 1.807) is 0 Å². The molecule has 2 fully saturated rings. The van der Waals surface area contributed by atoms with E-state index in [2.05, 4.69) is 24.5 Å². The van der Waals surface area contributed by atoms with Gasteiger partial charge in [-0.05, 0) is 13.8 Å². The summed E-state index contributed by atoms with van der Waals surface area (Å²) in [7, 11) is 0. The van der Waals surface area contributed by atoms with Crippen LogP contribution in [0.25, 0.3) is 0 Å². The summed E-state index contributed by atoms with van der Waals surface area (Å²) in [5.74, 6) is 0.205. The van der Waals surface area contributed by atoms with Gasteiger partial charge >= 0.3 is 0 Å². The van der Waals surface area contributed by atoms with E-state index in [-0.39, 0.29) is 16.9 Å². The first-order valence-corrected chi connectivity index (χ1v) is 4.08. The number of nitrogens with one attached hydrogen (secondary N) is 2. The first kappa shape index (κ1) is 7.10. The van der Waals surface area contributed by atoms with E-state index >= 15 is 0 Å². The molecule has 1 amide bonds. The fraction of sp³-hybridized carbons (Fsp3) is 0.875. The second-order valence-electron chi connectivity index (χ2n) is 4.23. The Hall–Kier alpha value is -0.570. The molecule has 2 rings (SSSR count). The summed E-state index contributed by atoms with van der Waals surface area (Å²) < 4.78 is 0. The summed E-state index contributed by atoms with van der Waals surface area (Å²) in [6.07, 6.45) is 0.701. The Morgan fingerprint density at radius 2 is 2.00 bits per heavy atom. The molecule has 0 aliphatic carbocycles. The molecule has 0 atom stereocenters. The molecule has 2 saturated heterocycles. The summed E-state index contributed by atoms with van der Waals surface area (Å²) in [6.45, 7) is 6.19. The van der Waals surface area contributed by atoms with Crippen LogP contribution >= 0.6 is 0 Å². The molecular weight excluding hydrogens is 140 g/mol. The van der Waals surface area contributed by atoms with E-state index in [9.17, 15) is 4.79 Å². The molecule has 2 heterocycles. The minimum Gasteiger partial charge on any atom is -0.351 e. The molecule has 1 spiro atoms. The number of hydrogen-bond acceptors (Lipinski definition) is 2. The average molecular weight is 154 g/mol. The third kappa shape index (κ3) is 0.745. The maximum absolute atomic E-state index is 11.1. The first-order valence-electron chi connectivity index (χ1n) is 4.08. The smallest absolute Gasteiger partial charge is 0.221 e. The Morgan fingerprint density at radius 3 is 2.18 bits per heavy atom. The zero-order valence-corrected chi connectivity index (χ0v) is 7.03. The molecule has 0 aromatic rings. The van der Waals surface area contributed by atoms with Crippen molar-refractivity contribution in [1.82, 2.24) is 10.6 Å². The van der Waals surface area contributed by atoms with Crippen LogP contribution in [0.1, 0.15) is 20.3 Å². The van der Waals surface area contributed by atoms with E-state index < -0.39 is 0 Å². The molecule has 11 heavy (non-hydrogen) atoms. The fourth-order valence-electron chi connectivity index (χ4n) is 2.05. The van der Waals surface area contributed by atoms with E-state index in [0.717, 1.165) is 13.1 Å². The number of amides is 1. The standard InChI is InChI=1S/C8H14N2O/c1-7(2)8(4-9-5-8)3-6(11)10-7/h9H,3-5H2,1-2H3,(H,10,11). The van der Waals surface area contributed by atoms with Crippen molar-refractivity contribution in [3.05, 3.63) is 0 Å². The molecule has 0 aromatic carbocycles. The van der Waals surface area contributed by atoms with E-state index in [4.69, 9.17) is 0 Å². The predicted molar refractivity (Wildman–Crippen MR) is 42.1 cm³/mol. The highest BCUT2D eigenvalue weighted by Crippen LogP contribution is 2.42. The molecule has 62 valence electrons. The van der Waals surface area contributed by atoms with Gasteiger partial charge in [0.25, 0.3) is 0 Å². The summed E-state index contributed by atoms with van der Waals surface area (Å²) in [5, 5.41) is 6.23. The van der Waals surface area contributed by atoms with Crippen LogP contribution in [0, 0.1) is 5.41 Å². The van der Waals surface area contributed by atoms with Crippen LogP contribution in [-0.2, 0) is 4.79 Å². The zero-order chi connectivity index (χ0) is 8.11. The SMILES string of the molecule is CC1(C)NC(=O)CC12CNC2. The predicted octanol–water partition coefficient (Wildman–Crippen LogP) is -0.126. The van der Waals surface area contributed by atoms with Crippen molar-refractivity contribution in [2.45, 2.75) is 25.8 Å². The van der Waals surface area contributed by atoms with Gasteiger partial charge in [0.2, 0.25) is 5.91 Å². The lowest BCUT2D eigenvalue weighted by atomic mass is 9.68. The topological polar surface area (TPSA) is 41.1 Å². The lowest BCUT2D eigenvalue weighted by molar-refractivity contribution is -0.120. The van der Waals surface area contributed by atoms with Gasteiger partial charge in [0, 0.05) is 30.5 Å². The van der Waals surface area contributed by atoms with Crippen molar-refractivity contribution in [1.29, 1.82) is 0 Å². The average Bonchev–Trinajstić information content (AvgIpc) is 1.98. The van der Waals surface area contributed by atoms with Gasteiger partial charge in [-0.3, -0.25) is 4.79 Å². The molecule has 0 unspecified atom stereocenters. The lowest BCUT2D eigenvalue weighted by Crippen LogP contribution is -2.64. The van der Waals surface area contributed by atoms with Gasteiger partial charge in [-0.25, -0.2) is 0 Å². The maximum atomic E-state index is 11.1. The van der Waals surface area contributed by atoms with Gasteiger partial charge in [-0.1, -0.05) is 0 Å². The summed E-state index contributed by atoms with van der Waals surface area (Å²) in [4.78, 5) is 11.1. The van der Waals surface area contributed by atoms with Crippen LogP contribution in [-0.4, -0.2) is 24.5 Å². The van der Waals surface area contributed by atoms with E-state index in [1.165, 1.54) is 0 Å². The Bertz CT molecular complexity index is 206. The summed E-state index contributed by atoms with van der Waals surface area (Å²) >= 11 is 0. The molecule has 3 heteroatoms. The minimum atomic E-state index is -0.00463. The molecule has 0 saturated carbocycles. The van der Waals surface area contributed by atoms with Crippen molar-refractivity contribution in [2.75, 3.05) is 13.1 Å². The number of rotatable bonds is 0. The quantitative estimate of drug-likeness (QED) is 0.510. The maximum Gasteiger partial charge on any atom is 0.221 e. The zero-order valence-electron chi connectivity index (χ0n) is 7.03. The van der Waals surface area contributed by atoms with Crippen LogP contribution in [0.4, 0.5) is 0 Å². The van der Waals surface area contributed by atoms with Gasteiger partial charge in [0.05, 0.1) is 0 Å². The van der Waals surface area contributed by atoms with Crippen LogP contribution < -0.4 is 10.6 Å². The number of carbonyl (C=O) groups is 1. The highest BCUT2D eigenvalue weighted by molar-refractivity contribution is 5.81. The second-order valence-corrected chi connectivity index (χ2v) is 4.23. The Kier molecular flexibility index (Phi) is 1.15. The minimum absolute atomic E-state index is 0.00463. The fourth-order valence-corrected chi connectivity index (χ4v) is 2.05. The Labute approximate surface area is 66.5 Å². The molecular formula is C8H14N2O. The molecule has 0 radical (unpaired) electrons. The number of hydrogen-bond donors (Lipinski definition) is 2. The second kappa shape index (κ2) is 1.78. The number of carbonyl (C=O) groups excluding carboxylic acids is 1. The first-order chi connectivity index (χ1) is 5.06. The third-order valence-corrected chi connectivity index (χ3v) is 3.20. The molecule has 2 aliphatic heterocycles. The van der Waals surface area contributed by atoms with Gasteiger partial charge in [-0.15, -0.1) is 0 Å². The highest BCUT2D eigenvalue weighted by Gasteiger charge is 2.55.